The van der Waals surface area contributed by atoms with Crippen molar-refractivity contribution in [3.63, 3.8) is 0 Å². The first kappa shape index (κ1) is 22.2. The average Bonchev–Trinajstić information content (AvgIpc) is 2.77. The zero-order valence-corrected chi connectivity index (χ0v) is 20.2. The summed E-state index contributed by atoms with van der Waals surface area (Å²) < 4.78 is 26.5. The molecule has 162 valence electrons. The molecule has 32 heavy (non-hydrogen) atoms. The SMILES string of the molecule is CS(=O)(=O)N(CC(=O)N/N=C\c1c2ccccc2cc2ccccc12)c1ccc(I)cc1. The van der Waals surface area contributed by atoms with Crippen LogP contribution < -0.4 is 9.73 Å². The number of hydrogen-bond donors (Lipinski definition) is 1. The molecule has 0 aliphatic carbocycles. The summed E-state index contributed by atoms with van der Waals surface area (Å²) in [4.78, 5) is 12.5. The van der Waals surface area contributed by atoms with Crippen LogP contribution in [-0.2, 0) is 14.8 Å². The summed E-state index contributed by atoms with van der Waals surface area (Å²) in [7, 11) is -3.64. The summed E-state index contributed by atoms with van der Waals surface area (Å²) >= 11 is 2.14. The molecule has 4 rings (SSSR count). The van der Waals surface area contributed by atoms with Gasteiger partial charge in [-0.2, -0.15) is 5.10 Å². The van der Waals surface area contributed by atoms with E-state index in [0.717, 1.165) is 41.2 Å². The molecule has 0 saturated heterocycles. The number of nitrogens with one attached hydrogen (secondary N) is 1. The van der Waals surface area contributed by atoms with E-state index in [4.69, 9.17) is 0 Å². The summed E-state index contributed by atoms with van der Waals surface area (Å²) in [5.74, 6) is -0.533. The Hall–Kier alpha value is -2.98. The zero-order chi connectivity index (χ0) is 22.7. The fraction of sp³-hybridized carbons (Fsp3) is 0.0833. The number of benzene rings is 4. The first-order chi connectivity index (χ1) is 15.3. The number of rotatable bonds is 6. The molecular weight excluding hydrogens is 537 g/mol. The molecule has 0 atom stereocenters. The van der Waals surface area contributed by atoms with Crippen molar-refractivity contribution in [3.05, 3.63) is 88.0 Å². The van der Waals surface area contributed by atoms with E-state index in [2.05, 4.69) is 39.2 Å². The normalized spacial score (nSPS) is 11.8. The molecule has 0 spiro atoms. The molecule has 0 unspecified atom stereocenters. The van der Waals surface area contributed by atoms with Crippen LogP contribution in [0.25, 0.3) is 21.5 Å². The maximum absolute atomic E-state index is 12.5. The van der Waals surface area contributed by atoms with E-state index in [0.29, 0.717) is 5.69 Å². The average molecular weight is 557 g/mol. The third-order valence-corrected chi connectivity index (χ3v) is 6.86. The smallest absolute Gasteiger partial charge is 0.260 e. The first-order valence-corrected chi connectivity index (χ1v) is 12.7. The Kier molecular flexibility index (Phi) is 6.43. The van der Waals surface area contributed by atoms with Crippen LogP contribution in [0.3, 0.4) is 0 Å². The molecule has 4 aromatic rings. The molecule has 0 heterocycles. The molecule has 0 aromatic heterocycles. The second-order valence-corrected chi connectivity index (χ2v) is 10.4. The number of carbonyl (C=O) groups is 1. The zero-order valence-electron chi connectivity index (χ0n) is 17.2. The number of hydrogen-bond acceptors (Lipinski definition) is 4. The van der Waals surface area contributed by atoms with Crippen molar-refractivity contribution in [2.24, 2.45) is 5.10 Å². The van der Waals surface area contributed by atoms with E-state index < -0.39 is 15.9 Å². The van der Waals surface area contributed by atoms with Gasteiger partial charge in [-0.15, -0.1) is 0 Å². The molecule has 0 saturated carbocycles. The van der Waals surface area contributed by atoms with Crippen LogP contribution in [0.5, 0.6) is 0 Å². The van der Waals surface area contributed by atoms with Gasteiger partial charge in [-0.25, -0.2) is 13.8 Å². The number of nitrogens with zero attached hydrogens (tertiary/aromatic N) is 2. The Morgan fingerprint density at radius 2 is 1.53 bits per heavy atom. The molecule has 0 aliphatic heterocycles. The minimum absolute atomic E-state index is 0.368. The number of hydrazone groups is 1. The Bertz CT molecular complexity index is 1380. The van der Waals surface area contributed by atoms with E-state index in [1.54, 1.807) is 30.5 Å². The molecule has 6 nitrogen and oxygen atoms in total. The number of halogens is 1. The van der Waals surface area contributed by atoms with Gasteiger partial charge in [-0.1, -0.05) is 48.5 Å². The lowest BCUT2D eigenvalue weighted by Gasteiger charge is -2.21. The van der Waals surface area contributed by atoms with Crippen molar-refractivity contribution >= 4 is 72.0 Å². The molecule has 0 radical (unpaired) electrons. The van der Waals surface area contributed by atoms with E-state index in [1.807, 2.05) is 48.5 Å². The van der Waals surface area contributed by atoms with E-state index in [1.165, 1.54) is 0 Å². The predicted octanol–water partition coefficient (Wildman–Crippen LogP) is 4.51. The number of anilines is 1. The lowest BCUT2D eigenvalue weighted by Crippen LogP contribution is -2.39. The van der Waals surface area contributed by atoms with Crippen molar-refractivity contribution in [1.82, 2.24) is 5.43 Å². The first-order valence-electron chi connectivity index (χ1n) is 9.78. The largest absolute Gasteiger partial charge is 0.271 e. The van der Waals surface area contributed by atoms with Crippen molar-refractivity contribution in [3.8, 4) is 0 Å². The third kappa shape index (κ3) is 4.91. The van der Waals surface area contributed by atoms with Gasteiger partial charge in [-0.3, -0.25) is 9.10 Å². The number of amides is 1. The van der Waals surface area contributed by atoms with Crippen molar-refractivity contribution in [2.75, 3.05) is 17.1 Å². The van der Waals surface area contributed by atoms with Gasteiger partial charge in [0.25, 0.3) is 5.91 Å². The summed E-state index contributed by atoms with van der Waals surface area (Å²) in [6.07, 6.45) is 2.68. The van der Waals surface area contributed by atoms with Crippen molar-refractivity contribution < 1.29 is 13.2 Å². The quantitative estimate of drug-likeness (QED) is 0.164. The Morgan fingerprint density at radius 3 is 2.09 bits per heavy atom. The highest BCUT2D eigenvalue weighted by Gasteiger charge is 2.20. The molecule has 0 aliphatic rings. The topological polar surface area (TPSA) is 78.8 Å². The second-order valence-electron chi connectivity index (χ2n) is 7.27. The van der Waals surface area contributed by atoms with Crippen LogP contribution in [0.1, 0.15) is 5.56 Å². The fourth-order valence-electron chi connectivity index (χ4n) is 3.53. The molecule has 8 heteroatoms. The van der Waals surface area contributed by atoms with Gasteiger partial charge in [0.1, 0.15) is 6.54 Å². The Balaban J connectivity index is 1.59. The summed E-state index contributed by atoms with van der Waals surface area (Å²) in [6, 6.07) is 25.0. The Morgan fingerprint density at radius 1 is 0.969 bits per heavy atom. The maximum Gasteiger partial charge on any atom is 0.260 e. The van der Waals surface area contributed by atoms with Gasteiger partial charge in [-0.05, 0) is 74.5 Å². The van der Waals surface area contributed by atoms with Crippen molar-refractivity contribution in [1.29, 1.82) is 0 Å². The molecule has 1 amide bonds. The number of fused-ring (bicyclic) bond motifs is 2. The second kappa shape index (κ2) is 9.25. The lowest BCUT2D eigenvalue weighted by atomic mass is 9.97. The van der Waals surface area contributed by atoms with E-state index >= 15 is 0 Å². The molecule has 4 aromatic carbocycles. The maximum atomic E-state index is 12.5. The highest BCUT2D eigenvalue weighted by molar-refractivity contribution is 14.1. The monoisotopic (exact) mass is 557 g/mol. The highest BCUT2D eigenvalue weighted by Crippen LogP contribution is 2.27. The minimum atomic E-state index is -3.64. The van der Waals surface area contributed by atoms with Gasteiger partial charge in [0.2, 0.25) is 10.0 Å². The van der Waals surface area contributed by atoms with Crippen LogP contribution >= 0.6 is 22.6 Å². The Labute approximate surface area is 200 Å². The van der Waals surface area contributed by atoms with Gasteiger partial charge >= 0.3 is 0 Å². The van der Waals surface area contributed by atoms with Crippen LogP contribution in [-0.4, -0.2) is 33.3 Å². The molecular formula is C24H20IN3O3S. The summed E-state index contributed by atoms with van der Waals surface area (Å²) in [6.45, 7) is -0.368. The van der Waals surface area contributed by atoms with Crippen molar-refractivity contribution in [2.45, 2.75) is 0 Å². The summed E-state index contributed by atoms with van der Waals surface area (Å²) in [5.41, 5.74) is 3.78. The highest BCUT2D eigenvalue weighted by atomic mass is 127. The lowest BCUT2D eigenvalue weighted by molar-refractivity contribution is -0.119. The van der Waals surface area contributed by atoms with E-state index in [9.17, 15) is 13.2 Å². The number of sulfonamides is 1. The van der Waals surface area contributed by atoms with Crippen LogP contribution in [0, 0.1) is 3.57 Å². The fourth-order valence-corrected chi connectivity index (χ4v) is 4.75. The van der Waals surface area contributed by atoms with Crippen LogP contribution in [0.15, 0.2) is 84.0 Å². The molecule has 1 N–H and O–H groups in total. The van der Waals surface area contributed by atoms with Crippen LogP contribution in [0.4, 0.5) is 5.69 Å². The van der Waals surface area contributed by atoms with Gasteiger partial charge in [0.05, 0.1) is 18.2 Å². The number of carbonyl (C=O) groups excluding carboxylic acids is 1. The molecule has 0 bridgehead atoms. The van der Waals surface area contributed by atoms with Gasteiger partial charge in [0, 0.05) is 9.13 Å². The molecule has 0 fully saturated rings. The summed E-state index contributed by atoms with van der Waals surface area (Å²) in [5, 5.41) is 8.31. The van der Waals surface area contributed by atoms with E-state index in [-0.39, 0.29) is 6.54 Å². The van der Waals surface area contributed by atoms with Crippen LogP contribution in [0.2, 0.25) is 0 Å². The van der Waals surface area contributed by atoms with Gasteiger partial charge in [0.15, 0.2) is 0 Å². The minimum Gasteiger partial charge on any atom is -0.271 e. The van der Waals surface area contributed by atoms with Gasteiger partial charge < -0.3 is 0 Å². The predicted molar refractivity (Wildman–Crippen MR) is 139 cm³/mol. The third-order valence-electron chi connectivity index (χ3n) is 5.00. The standard InChI is InChI=1S/C24H20IN3O3S/c1-32(30,31)28(20-12-10-19(25)11-13-20)16-24(29)27-26-15-23-21-8-4-2-6-17(21)14-18-7-3-5-9-22(18)23/h2-15H,16H2,1H3,(H,27,29)/b26-15-.